The van der Waals surface area contributed by atoms with E-state index in [2.05, 4.69) is 0 Å². The van der Waals surface area contributed by atoms with Crippen molar-refractivity contribution in [1.29, 1.82) is 0 Å². The van der Waals surface area contributed by atoms with Gasteiger partial charge in [0.1, 0.15) is 12.4 Å². The number of halogens is 1. The van der Waals surface area contributed by atoms with Crippen LogP contribution >= 0.6 is 11.6 Å². The third kappa shape index (κ3) is 4.00. The average Bonchev–Trinajstić information content (AvgIpc) is 2.34. The van der Waals surface area contributed by atoms with Gasteiger partial charge < -0.3 is 14.2 Å². The van der Waals surface area contributed by atoms with Crippen molar-refractivity contribution in [1.82, 2.24) is 0 Å². The number of hydrogen-bond acceptors (Lipinski definition) is 4. The fourth-order valence-electron chi connectivity index (χ4n) is 1.36. The van der Waals surface area contributed by atoms with E-state index in [1.165, 1.54) is 0 Å². The minimum absolute atomic E-state index is 0.00877. The summed E-state index contributed by atoms with van der Waals surface area (Å²) in [6.07, 6.45) is 0.188. The lowest BCUT2D eigenvalue weighted by atomic mass is 10.2. The van der Waals surface area contributed by atoms with Crippen LogP contribution in [0.3, 0.4) is 0 Å². The van der Waals surface area contributed by atoms with E-state index in [0.717, 1.165) is 5.56 Å². The van der Waals surface area contributed by atoms with Crippen LogP contribution in [0.25, 0.3) is 0 Å². The van der Waals surface area contributed by atoms with Gasteiger partial charge in [0, 0.05) is 19.3 Å². The average molecular weight is 259 g/mol. The summed E-state index contributed by atoms with van der Waals surface area (Å²) in [6.45, 7) is 2.41. The molecular weight excluding hydrogens is 244 g/mol. The normalized spacial score (nSPS) is 12.2. The number of rotatable bonds is 7. The molecule has 1 unspecified atom stereocenters. The van der Waals surface area contributed by atoms with Crippen LogP contribution in [0.2, 0.25) is 5.02 Å². The number of benzene rings is 1. The van der Waals surface area contributed by atoms with Crippen LogP contribution in [0.15, 0.2) is 18.2 Å². The summed E-state index contributed by atoms with van der Waals surface area (Å²) in [5.74, 6) is 0.539. The summed E-state index contributed by atoms with van der Waals surface area (Å²) < 4.78 is 15.7. The fourth-order valence-corrected chi connectivity index (χ4v) is 1.61. The van der Waals surface area contributed by atoms with Crippen LogP contribution in [-0.4, -0.2) is 26.6 Å². The van der Waals surface area contributed by atoms with Gasteiger partial charge in [-0.3, -0.25) is 4.79 Å². The zero-order valence-electron chi connectivity index (χ0n) is 9.81. The zero-order chi connectivity index (χ0) is 12.7. The van der Waals surface area contributed by atoms with Crippen LogP contribution in [0.1, 0.15) is 18.8 Å². The lowest BCUT2D eigenvalue weighted by Gasteiger charge is -2.17. The lowest BCUT2D eigenvalue weighted by Crippen LogP contribution is -2.07. The summed E-state index contributed by atoms with van der Waals surface area (Å²) in [5, 5.41) is 0.480. The highest BCUT2D eigenvalue weighted by Gasteiger charge is 2.14. The van der Waals surface area contributed by atoms with Gasteiger partial charge in [0.25, 0.3) is 0 Å². The smallest absolute Gasteiger partial charge is 0.184 e. The van der Waals surface area contributed by atoms with Gasteiger partial charge in [0.05, 0.1) is 5.02 Å². The van der Waals surface area contributed by atoms with Crippen LogP contribution in [0, 0.1) is 0 Å². The molecule has 0 saturated heterocycles. The Bertz CT molecular complexity index is 368. The molecule has 0 aliphatic rings. The van der Waals surface area contributed by atoms with E-state index in [-0.39, 0.29) is 6.61 Å². The topological polar surface area (TPSA) is 44.8 Å². The highest BCUT2D eigenvalue weighted by Crippen LogP contribution is 2.29. The van der Waals surface area contributed by atoms with Crippen molar-refractivity contribution in [2.45, 2.75) is 13.2 Å². The van der Waals surface area contributed by atoms with Crippen molar-refractivity contribution in [3.63, 3.8) is 0 Å². The Morgan fingerprint density at radius 3 is 2.76 bits per heavy atom. The minimum Gasteiger partial charge on any atom is -0.486 e. The molecule has 0 aromatic heterocycles. The summed E-state index contributed by atoms with van der Waals surface area (Å²) in [5.41, 5.74) is 0.731. The summed E-state index contributed by atoms with van der Waals surface area (Å²) in [6, 6.07) is 5.10. The molecule has 0 fully saturated rings. The van der Waals surface area contributed by atoms with E-state index in [9.17, 15) is 4.79 Å². The van der Waals surface area contributed by atoms with Crippen molar-refractivity contribution >= 4 is 17.9 Å². The molecule has 0 N–H and O–H groups in total. The Hall–Kier alpha value is -1.10. The second kappa shape index (κ2) is 7.27. The number of carbonyl (C=O) groups is 1. The van der Waals surface area contributed by atoms with Gasteiger partial charge >= 0.3 is 0 Å². The van der Waals surface area contributed by atoms with Gasteiger partial charge in [-0.05, 0) is 25.1 Å². The maximum absolute atomic E-state index is 10.2. The number of hydrogen-bond donors (Lipinski definition) is 0. The minimum atomic E-state index is -0.493. The third-order valence-electron chi connectivity index (χ3n) is 2.08. The molecule has 1 aromatic rings. The Morgan fingerprint density at radius 2 is 2.24 bits per heavy atom. The highest BCUT2D eigenvalue weighted by molar-refractivity contribution is 6.31. The Kier molecular flexibility index (Phi) is 5.97. The first-order chi connectivity index (χ1) is 8.22. The van der Waals surface area contributed by atoms with E-state index in [4.69, 9.17) is 25.8 Å². The maximum atomic E-state index is 10.2. The Morgan fingerprint density at radius 1 is 1.47 bits per heavy atom. The van der Waals surface area contributed by atoms with Crippen molar-refractivity contribution in [3.05, 3.63) is 28.8 Å². The van der Waals surface area contributed by atoms with Crippen LogP contribution < -0.4 is 4.74 Å². The van der Waals surface area contributed by atoms with E-state index in [1.807, 2.05) is 6.92 Å². The second-order valence-corrected chi connectivity index (χ2v) is 3.59. The van der Waals surface area contributed by atoms with Crippen LogP contribution in [0.5, 0.6) is 5.75 Å². The Labute approximate surface area is 105 Å². The molecule has 4 nitrogen and oxygen atoms in total. The lowest BCUT2D eigenvalue weighted by molar-refractivity contribution is -0.123. The molecule has 0 saturated carbocycles. The first-order valence-corrected chi connectivity index (χ1v) is 5.61. The van der Waals surface area contributed by atoms with Crippen molar-refractivity contribution < 1.29 is 19.0 Å². The summed E-state index contributed by atoms with van der Waals surface area (Å²) in [4.78, 5) is 10.2. The summed E-state index contributed by atoms with van der Waals surface area (Å²) in [7, 11) is 1.55. The van der Waals surface area contributed by atoms with E-state index in [0.29, 0.717) is 23.7 Å². The molecule has 0 aliphatic heterocycles. The number of aldehydes is 1. The predicted octanol–water partition coefficient (Wildman–Crippen LogP) is 2.60. The zero-order valence-corrected chi connectivity index (χ0v) is 10.6. The van der Waals surface area contributed by atoms with Crippen LogP contribution in [0.4, 0.5) is 0 Å². The van der Waals surface area contributed by atoms with Gasteiger partial charge in [-0.15, -0.1) is 0 Å². The molecule has 0 heterocycles. The highest BCUT2D eigenvalue weighted by atomic mass is 35.5. The molecular formula is C12H15ClO4. The molecule has 0 radical (unpaired) electrons. The quantitative estimate of drug-likeness (QED) is 0.557. The molecule has 5 heteroatoms. The molecule has 0 bridgehead atoms. The first kappa shape index (κ1) is 14.0. The molecule has 1 atom stereocenters. The van der Waals surface area contributed by atoms with Crippen LogP contribution in [-0.2, 0) is 14.3 Å². The van der Waals surface area contributed by atoms with Crippen molar-refractivity contribution in [2.24, 2.45) is 0 Å². The maximum Gasteiger partial charge on any atom is 0.184 e. The summed E-state index contributed by atoms with van der Waals surface area (Å²) >= 11 is 6.09. The molecule has 0 aliphatic carbocycles. The fraction of sp³-hybridized carbons (Fsp3) is 0.417. The number of ether oxygens (including phenoxy) is 3. The molecule has 17 heavy (non-hydrogen) atoms. The molecule has 1 aromatic carbocycles. The molecule has 0 spiro atoms. The van der Waals surface area contributed by atoms with Gasteiger partial charge in [-0.1, -0.05) is 11.6 Å². The SMILES string of the molecule is CCOC(OC)c1ccc(OCC=O)cc1Cl. The molecule has 1 rings (SSSR count). The molecule has 94 valence electrons. The second-order valence-electron chi connectivity index (χ2n) is 3.18. The van der Waals surface area contributed by atoms with Gasteiger partial charge in [0.2, 0.25) is 0 Å². The molecule has 0 amide bonds. The first-order valence-electron chi connectivity index (χ1n) is 5.23. The van der Waals surface area contributed by atoms with Gasteiger partial charge in [0.15, 0.2) is 12.6 Å². The standard InChI is InChI=1S/C12H15ClO4/c1-3-16-12(15-2)10-5-4-9(8-11(10)13)17-7-6-14/h4-6,8,12H,3,7H2,1-2H3. The van der Waals surface area contributed by atoms with E-state index < -0.39 is 6.29 Å². The van der Waals surface area contributed by atoms with Crippen molar-refractivity contribution in [2.75, 3.05) is 20.3 Å². The predicted molar refractivity (Wildman–Crippen MR) is 64.4 cm³/mol. The van der Waals surface area contributed by atoms with Gasteiger partial charge in [-0.2, -0.15) is 0 Å². The Balaban J connectivity index is 2.83. The largest absolute Gasteiger partial charge is 0.486 e. The number of methoxy groups -OCH3 is 1. The van der Waals surface area contributed by atoms with Gasteiger partial charge in [-0.25, -0.2) is 0 Å². The third-order valence-corrected chi connectivity index (χ3v) is 2.40. The number of carbonyl (C=O) groups excluding carboxylic acids is 1. The van der Waals surface area contributed by atoms with E-state index in [1.54, 1.807) is 25.3 Å². The van der Waals surface area contributed by atoms with Crippen molar-refractivity contribution in [3.8, 4) is 5.75 Å². The monoisotopic (exact) mass is 258 g/mol. The van der Waals surface area contributed by atoms with E-state index >= 15 is 0 Å².